The number of nitrogens with zero attached hydrogens (tertiary/aromatic N) is 7. The van der Waals surface area contributed by atoms with E-state index in [-0.39, 0.29) is 40.3 Å². The number of nitrogens with one attached hydrogen (secondary N) is 1. The summed E-state index contributed by atoms with van der Waals surface area (Å²) in [6.45, 7) is 3.39. The van der Waals surface area contributed by atoms with Gasteiger partial charge in [-0.3, -0.25) is 18.9 Å². The van der Waals surface area contributed by atoms with Crippen molar-refractivity contribution in [1.82, 2.24) is 29.1 Å². The van der Waals surface area contributed by atoms with Crippen molar-refractivity contribution in [3.05, 3.63) is 71.1 Å². The number of aromatic nitrogens is 3. The van der Waals surface area contributed by atoms with Crippen LogP contribution in [0.15, 0.2) is 48.9 Å². The molecule has 19 heteroatoms. The van der Waals surface area contributed by atoms with Gasteiger partial charge < -0.3 is 24.6 Å². The number of imidazole rings is 1. The van der Waals surface area contributed by atoms with E-state index in [1.165, 1.54) is 35.1 Å². The third-order valence-electron chi connectivity index (χ3n) is 8.93. The Labute approximate surface area is 303 Å². The number of rotatable bonds is 10. The Morgan fingerprint density at radius 1 is 1.00 bits per heavy atom. The first kappa shape index (κ1) is 37.4. The van der Waals surface area contributed by atoms with Gasteiger partial charge in [-0.25, -0.2) is 19.2 Å². The molecule has 2 aliphatic heterocycles. The van der Waals surface area contributed by atoms with E-state index in [1.54, 1.807) is 29.2 Å². The Morgan fingerprint density at radius 2 is 1.75 bits per heavy atom. The van der Waals surface area contributed by atoms with Crippen LogP contribution in [0.1, 0.15) is 16.8 Å². The first-order valence-electron chi connectivity index (χ1n) is 16.3. The van der Waals surface area contributed by atoms with E-state index < -0.39 is 42.3 Å². The molecule has 53 heavy (non-hydrogen) atoms. The van der Waals surface area contributed by atoms with Gasteiger partial charge in [-0.05, 0) is 43.3 Å². The normalized spacial score (nSPS) is 16.8. The number of carbonyl (C=O) groups excluding carboxylic acids is 3. The van der Waals surface area contributed by atoms with Crippen LogP contribution in [0, 0.1) is 28.9 Å². The van der Waals surface area contributed by atoms with Crippen LogP contribution < -0.4 is 10.1 Å². The smallest absolute Gasteiger partial charge is 0.476 e. The van der Waals surface area contributed by atoms with E-state index in [2.05, 4.69) is 24.9 Å². The summed E-state index contributed by atoms with van der Waals surface area (Å²) in [4.78, 5) is 50.7. The maximum Gasteiger partial charge on any atom is 0.491 e. The van der Waals surface area contributed by atoms with Crippen molar-refractivity contribution >= 4 is 46.6 Å². The number of anilines is 2. The lowest BCUT2D eigenvalue weighted by Crippen LogP contribution is -2.50. The second-order valence-corrected chi connectivity index (χ2v) is 12.7. The van der Waals surface area contributed by atoms with E-state index in [9.17, 15) is 31.9 Å². The van der Waals surface area contributed by atoms with Gasteiger partial charge >= 0.3 is 18.1 Å². The van der Waals surface area contributed by atoms with Gasteiger partial charge in [0.1, 0.15) is 6.07 Å². The lowest BCUT2D eigenvalue weighted by atomic mass is 10.1. The molecule has 0 bridgehead atoms. The average molecular weight is 761 g/mol. The number of carbonyl (C=O) groups is 3. The molecule has 1 N–H and O–H groups in total. The molecule has 1 amide bonds. The van der Waals surface area contributed by atoms with Crippen molar-refractivity contribution in [1.29, 1.82) is 5.26 Å². The monoisotopic (exact) mass is 760 g/mol. The van der Waals surface area contributed by atoms with E-state index >= 15 is 4.39 Å². The molecule has 2 saturated heterocycles. The number of amides is 1. The molecule has 0 saturated carbocycles. The molecule has 2 aromatic carbocycles. The van der Waals surface area contributed by atoms with Crippen molar-refractivity contribution in [2.45, 2.75) is 12.6 Å². The highest BCUT2D eigenvalue weighted by atomic mass is 35.5. The first-order chi connectivity index (χ1) is 25.3. The molecule has 6 rings (SSSR count). The van der Waals surface area contributed by atoms with Gasteiger partial charge in [-0.15, -0.1) is 0 Å². The van der Waals surface area contributed by atoms with Crippen LogP contribution in [0.4, 0.5) is 33.5 Å². The molecule has 0 spiro atoms. The van der Waals surface area contributed by atoms with Crippen molar-refractivity contribution in [2.24, 2.45) is 5.92 Å². The summed E-state index contributed by atoms with van der Waals surface area (Å²) in [5.41, 5.74) is 1.23. The number of hydrogen-bond acceptors (Lipinski definition) is 11. The van der Waals surface area contributed by atoms with Gasteiger partial charge in [0.25, 0.3) is 5.91 Å². The Bertz CT molecular complexity index is 2080. The highest BCUT2D eigenvalue weighted by Gasteiger charge is 2.44. The molecule has 278 valence electrons. The minimum absolute atomic E-state index is 0.0859. The number of halogens is 6. The fourth-order valence-corrected chi connectivity index (χ4v) is 6.41. The van der Waals surface area contributed by atoms with E-state index in [4.69, 9.17) is 21.6 Å². The zero-order chi connectivity index (χ0) is 37.9. The average Bonchev–Trinajstić information content (AvgIpc) is 3.80. The fraction of sp³-hybridized carbons (Fsp3) is 0.353. The molecule has 4 aromatic rings. The van der Waals surface area contributed by atoms with Crippen molar-refractivity contribution in [3.8, 4) is 23.1 Å². The summed E-state index contributed by atoms with van der Waals surface area (Å²) in [6.07, 6.45) is -0.598. The minimum atomic E-state index is -5.23. The Kier molecular flexibility index (Phi) is 11.1. The van der Waals surface area contributed by atoms with Crippen LogP contribution in [0.2, 0.25) is 5.02 Å². The Morgan fingerprint density at radius 3 is 2.47 bits per heavy atom. The van der Waals surface area contributed by atoms with E-state index in [0.29, 0.717) is 69.1 Å². The summed E-state index contributed by atoms with van der Waals surface area (Å²) < 4.78 is 77.3. The molecule has 2 aliphatic rings. The molecule has 0 aliphatic carbocycles. The number of alkyl halides is 3. The standard InChI is InChI=1S/C34H30ClF5N8O5/c35-24-17-21(44-29-30-43-18-25(48(30)9-7-42-29)23-3-4-26(52-16-6-41)28(37)27(23)36)1-2-22(24)31(49)47-14-12-45(13-15-47)10-11-46-8-5-20(19-46)32(50)53-33(51)34(38,39)40/h1-4,7,9,17-18,20H,5,8,10-16,19H2,(H,42,44). The van der Waals surface area contributed by atoms with Gasteiger partial charge in [0.2, 0.25) is 5.82 Å². The lowest BCUT2D eigenvalue weighted by Gasteiger charge is -2.35. The molecular formula is C34H30ClF5N8O5. The van der Waals surface area contributed by atoms with E-state index in [1.807, 2.05) is 4.90 Å². The SMILES string of the molecule is N#CCOc1ccc(-c2cnc3c(Nc4ccc(C(=O)N5CCN(CCN6CCC(C(=O)OC(=O)C(F)(F)F)C6)CC5)c(Cl)c4)nccn23)c(F)c1F. The maximum absolute atomic E-state index is 15.0. The van der Waals surface area contributed by atoms with Crippen LogP contribution in [0.5, 0.6) is 5.75 Å². The topological polar surface area (TPSA) is 145 Å². The van der Waals surface area contributed by atoms with Crippen LogP contribution in [0.25, 0.3) is 16.9 Å². The van der Waals surface area contributed by atoms with Gasteiger partial charge in [0.15, 0.2) is 29.6 Å². The predicted molar refractivity (Wildman–Crippen MR) is 178 cm³/mol. The zero-order valence-corrected chi connectivity index (χ0v) is 28.5. The summed E-state index contributed by atoms with van der Waals surface area (Å²) in [5.74, 6) is -7.27. The minimum Gasteiger partial charge on any atom is -0.476 e. The van der Waals surface area contributed by atoms with Crippen LogP contribution >= 0.6 is 11.6 Å². The quantitative estimate of drug-likeness (QED) is 0.137. The van der Waals surface area contributed by atoms with Crippen LogP contribution in [0.3, 0.4) is 0 Å². The first-order valence-corrected chi connectivity index (χ1v) is 16.7. The highest BCUT2D eigenvalue weighted by molar-refractivity contribution is 6.34. The molecule has 4 heterocycles. The van der Waals surface area contributed by atoms with Crippen molar-refractivity contribution < 1.29 is 45.8 Å². The number of fused-ring (bicyclic) bond motifs is 1. The number of esters is 2. The molecule has 1 atom stereocenters. The largest absolute Gasteiger partial charge is 0.491 e. The lowest BCUT2D eigenvalue weighted by molar-refractivity contribution is -0.203. The van der Waals surface area contributed by atoms with Crippen LogP contribution in [-0.2, 0) is 14.3 Å². The number of piperazine rings is 1. The van der Waals surface area contributed by atoms with Crippen molar-refractivity contribution in [3.63, 3.8) is 0 Å². The molecule has 2 fully saturated rings. The molecule has 0 radical (unpaired) electrons. The number of benzene rings is 2. The van der Waals surface area contributed by atoms with Gasteiger partial charge in [0, 0.05) is 69.5 Å². The number of nitriles is 1. The Hall–Kier alpha value is -5.38. The van der Waals surface area contributed by atoms with Gasteiger partial charge in [0.05, 0.1) is 28.4 Å². The predicted octanol–water partition coefficient (Wildman–Crippen LogP) is 4.69. The number of likely N-dealkylation sites (tertiary alicyclic amines) is 1. The molecule has 13 nitrogen and oxygen atoms in total. The summed E-state index contributed by atoms with van der Waals surface area (Å²) in [5, 5.41) is 12.0. The third-order valence-corrected chi connectivity index (χ3v) is 9.24. The highest BCUT2D eigenvalue weighted by Crippen LogP contribution is 2.32. The molecule has 2 aromatic heterocycles. The van der Waals surface area contributed by atoms with E-state index in [0.717, 1.165) is 0 Å². The summed E-state index contributed by atoms with van der Waals surface area (Å²) in [6, 6.07) is 9.05. The molecular weight excluding hydrogens is 731 g/mol. The summed E-state index contributed by atoms with van der Waals surface area (Å²) in [7, 11) is 0. The number of hydrogen-bond donors (Lipinski definition) is 1. The zero-order valence-electron chi connectivity index (χ0n) is 27.7. The van der Waals surface area contributed by atoms with Crippen molar-refractivity contribution in [2.75, 3.05) is 64.3 Å². The van der Waals surface area contributed by atoms with Gasteiger partial charge in [-0.1, -0.05) is 11.6 Å². The Balaban J connectivity index is 1.02. The van der Waals surface area contributed by atoms with Crippen LogP contribution in [-0.4, -0.2) is 112 Å². The summed E-state index contributed by atoms with van der Waals surface area (Å²) >= 11 is 6.57. The molecule has 1 unspecified atom stereocenters. The third kappa shape index (κ3) is 8.32. The second kappa shape index (κ2) is 15.7. The maximum atomic E-state index is 15.0. The fourth-order valence-electron chi connectivity index (χ4n) is 6.15. The number of ether oxygens (including phenoxy) is 2. The second-order valence-electron chi connectivity index (χ2n) is 12.2. The van der Waals surface area contributed by atoms with Gasteiger partial charge in [-0.2, -0.15) is 22.8 Å².